The summed E-state index contributed by atoms with van der Waals surface area (Å²) in [5.41, 5.74) is -0.729. The van der Waals surface area contributed by atoms with E-state index in [1.807, 2.05) is 0 Å². The van der Waals surface area contributed by atoms with Crippen molar-refractivity contribution < 1.29 is 24.0 Å². The average Bonchev–Trinajstić information content (AvgIpc) is 3.22. The molecule has 9 heteroatoms. The number of hydrogen-bond acceptors (Lipinski definition) is 4. The first-order valence-corrected chi connectivity index (χ1v) is 6.12. The second-order valence-corrected chi connectivity index (χ2v) is 4.60. The summed E-state index contributed by atoms with van der Waals surface area (Å²) in [4.78, 5) is 33.7. The molecular weight excluding hydrogens is 285 g/mol. The maximum atomic E-state index is 13.6. The lowest BCUT2D eigenvalue weighted by Crippen LogP contribution is -2.40. The molecule has 0 bridgehead atoms. The number of nitro benzene ring substituents is 1. The molecule has 0 radical (unpaired) electrons. The van der Waals surface area contributed by atoms with Gasteiger partial charge in [0.2, 0.25) is 0 Å². The number of carboxylic acid groups (broad SMARTS) is 1. The maximum absolute atomic E-state index is 13.6. The van der Waals surface area contributed by atoms with E-state index in [9.17, 15) is 24.1 Å². The van der Waals surface area contributed by atoms with Gasteiger partial charge in [-0.05, 0) is 18.9 Å². The molecule has 0 aromatic heterocycles. The molecule has 1 fully saturated rings. The van der Waals surface area contributed by atoms with Crippen LogP contribution in [0.3, 0.4) is 0 Å². The lowest BCUT2D eigenvalue weighted by Gasteiger charge is -2.20. The van der Waals surface area contributed by atoms with Gasteiger partial charge in [-0.15, -0.1) is 0 Å². The number of aliphatic carboxylic acids is 1. The summed E-state index contributed by atoms with van der Waals surface area (Å²) in [7, 11) is 0. The van der Waals surface area contributed by atoms with E-state index in [4.69, 9.17) is 5.11 Å². The largest absolute Gasteiger partial charge is 0.480 e. The molecule has 0 aliphatic heterocycles. The van der Waals surface area contributed by atoms with E-state index in [0.717, 1.165) is 23.1 Å². The molecule has 0 unspecified atom stereocenters. The van der Waals surface area contributed by atoms with Crippen LogP contribution in [0.5, 0.6) is 0 Å². The van der Waals surface area contributed by atoms with Gasteiger partial charge in [0.05, 0.1) is 10.6 Å². The first kappa shape index (κ1) is 14.7. The highest BCUT2D eigenvalue weighted by Gasteiger charge is 2.34. The number of carbonyl (C=O) groups excluding carboxylic acids is 1. The van der Waals surface area contributed by atoms with Gasteiger partial charge >= 0.3 is 12.0 Å². The Labute approximate surface area is 118 Å². The SMILES string of the molecule is O=C(O)CN(C(=O)Nc1cc([N+](=O)[O-])ccc1F)C1CC1. The van der Waals surface area contributed by atoms with Gasteiger partial charge in [0.25, 0.3) is 5.69 Å². The minimum absolute atomic E-state index is 0.192. The summed E-state index contributed by atoms with van der Waals surface area (Å²) in [5, 5.41) is 21.6. The Balaban J connectivity index is 2.15. The highest BCUT2D eigenvalue weighted by atomic mass is 19.1. The molecule has 0 saturated heterocycles. The van der Waals surface area contributed by atoms with Crippen LogP contribution in [-0.4, -0.2) is 39.5 Å². The molecule has 1 aromatic carbocycles. The average molecular weight is 297 g/mol. The van der Waals surface area contributed by atoms with Crippen molar-refractivity contribution in [3.8, 4) is 0 Å². The first-order valence-electron chi connectivity index (χ1n) is 6.12. The van der Waals surface area contributed by atoms with Crippen molar-refractivity contribution in [1.82, 2.24) is 4.90 Å². The highest BCUT2D eigenvalue weighted by Crippen LogP contribution is 2.28. The number of amides is 2. The number of nitrogens with zero attached hydrogens (tertiary/aromatic N) is 2. The van der Waals surface area contributed by atoms with Gasteiger partial charge in [-0.1, -0.05) is 0 Å². The van der Waals surface area contributed by atoms with E-state index in [1.165, 1.54) is 0 Å². The summed E-state index contributed by atoms with van der Waals surface area (Å²) in [5.74, 6) is -2.02. The number of hydrogen-bond donors (Lipinski definition) is 2. The fraction of sp³-hybridized carbons (Fsp3) is 0.333. The Hall–Kier alpha value is -2.71. The van der Waals surface area contributed by atoms with Crippen molar-refractivity contribution in [2.24, 2.45) is 0 Å². The molecule has 2 rings (SSSR count). The van der Waals surface area contributed by atoms with Crippen LogP contribution >= 0.6 is 0 Å². The van der Waals surface area contributed by atoms with Gasteiger partial charge in [-0.25, -0.2) is 9.18 Å². The van der Waals surface area contributed by atoms with E-state index in [1.54, 1.807) is 0 Å². The van der Waals surface area contributed by atoms with Crippen LogP contribution in [-0.2, 0) is 4.79 Å². The van der Waals surface area contributed by atoms with Crippen molar-refractivity contribution in [1.29, 1.82) is 0 Å². The minimum Gasteiger partial charge on any atom is -0.480 e. The van der Waals surface area contributed by atoms with Crippen molar-refractivity contribution in [2.45, 2.75) is 18.9 Å². The molecule has 2 amide bonds. The maximum Gasteiger partial charge on any atom is 0.323 e. The Bertz CT molecular complexity index is 603. The number of carboxylic acids is 1. The molecule has 0 atom stereocenters. The molecule has 1 aromatic rings. The fourth-order valence-electron chi connectivity index (χ4n) is 1.81. The topological polar surface area (TPSA) is 113 Å². The van der Waals surface area contributed by atoms with E-state index >= 15 is 0 Å². The Morgan fingerprint density at radius 3 is 2.67 bits per heavy atom. The normalized spacial score (nSPS) is 13.6. The zero-order valence-corrected chi connectivity index (χ0v) is 10.8. The number of halogens is 1. The second-order valence-electron chi connectivity index (χ2n) is 4.60. The summed E-state index contributed by atoms with van der Waals surface area (Å²) >= 11 is 0. The van der Waals surface area contributed by atoms with E-state index in [2.05, 4.69) is 5.32 Å². The predicted molar refractivity (Wildman–Crippen MR) is 69.4 cm³/mol. The third-order valence-corrected chi connectivity index (χ3v) is 2.96. The van der Waals surface area contributed by atoms with E-state index in [0.29, 0.717) is 12.8 Å². The Kier molecular flexibility index (Phi) is 4.01. The van der Waals surface area contributed by atoms with Crippen LogP contribution < -0.4 is 5.32 Å². The monoisotopic (exact) mass is 297 g/mol. The fourth-order valence-corrected chi connectivity index (χ4v) is 1.81. The van der Waals surface area contributed by atoms with Gasteiger partial charge in [0, 0.05) is 18.2 Å². The smallest absolute Gasteiger partial charge is 0.323 e. The molecule has 2 N–H and O–H groups in total. The number of benzene rings is 1. The number of anilines is 1. The van der Waals surface area contributed by atoms with Crippen LogP contribution in [0.1, 0.15) is 12.8 Å². The minimum atomic E-state index is -1.18. The standard InChI is InChI=1S/C12H12FN3O5/c13-9-4-3-8(16(20)21)5-10(9)14-12(19)15(6-11(17)18)7-1-2-7/h3-5,7H,1-2,6H2,(H,14,19)(H,17,18). The molecule has 1 aliphatic rings. The number of carbonyl (C=O) groups is 2. The predicted octanol–water partition coefficient (Wildman–Crippen LogP) is 1.81. The Morgan fingerprint density at radius 1 is 1.48 bits per heavy atom. The zero-order valence-electron chi connectivity index (χ0n) is 10.8. The molecule has 21 heavy (non-hydrogen) atoms. The summed E-state index contributed by atoms with van der Waals surface area (Å²) in [6.07, 6.45) is 1.36. The van der Waals surface area contributed by atoms with Crippen molar-refractivity contribution >= 4 is 23.4 Å². The zero-order chi connectivity index (χ0) is 15.6. The first-order chi connectivity index (χ1) is 9.88. The van der Waals surface area contributed by atoms with Crippen molar-refractivity contribution in [3.63, 3.8) is 0 Å². The third kappa shape index (κ3) is 3.65. The number of rotatable bonds is 5. The van der Waals surface area contributed by atoms with Gasteiger partial charge in [-0.2, -0.15) is 0 Å². The van der Waals surface area contributed by atoms with Crippen molar-refractivity contribution in [3.05, 3.63) is 34.1 Å². The number of urea groups is 1. The van der Waals surface area contributed by atoms with Gasteiger partial charge in [0.15, 0.2) is 0 Å². The number of nitrogens with one attached hydrogen (secondary N) is 1. The summed E-state index contributed by atoms with van der Waals surface area (Å²) < 4.78 is 13.6. The van der Waals surface area contributed by atoms with Crippen molar-refractivity contribution in [2.75, 3.05) is 11.9 Å². The second kappa shape index (κ2) is 5.73. The van der Waals surface area contributed by atoms with Crippen LogP contribution in [0.4, 0.5) is 20.6 Å². The van der Waals surface area contributed by atoms with E-state index in [-0.39, 0.29) is 17.4 Å². The quantitative estimate of drug-likeness (QED) is 0.635. The van der Waals surface area contributed by atoms with Gasteiger partial charge in [0.1, 0.15) is 12.4 Å². The molecule has 1 saturated carbocycles. The van der Waals surface area contributed by atoms with Crippen LogP contribution in [0.15, 0.2) is 18.2 Å². The number of nitro groups is 1. The van der Waals surface area contributed by atoms with Gasteiger partial charge < -0.3 is 15.3 Å². The Morgan fingerprint density at radius 2 is 2.14 bits per heavy atom. The van der Waals surface area contributed by atoms with Crippen LogP contribution in [0.2, 0.25) is 0 Å². The van der Waals surface area contributed by atoms with Crippen LogP contribution in [0, 0.1) is 15.9 Å². The van der Waals surface area contributed by atoms with Gasteiger partial charge in [-0.3, -0.25) is 14.9 Å². The summed E-state index contributed by atoms with van der Waals surface area (Å²) in [6, 6.07) is 1.74. The lowest BCUT2D eigenvalue weighted by molar-refractivity contribution is -0.384. The molecule has 8 nitrogen and oxygen atoms in total. The van der Waals surface area contributed by atoms with E-state index < -0.39 is 29.3 Å². The molecule has 0 spiro atoms. The molecule has 0 heterocycles. The van der Waals surface area contributed by atoms with Crippen LogP contribution in [0.25, 0.3) is 0 Å². The molecule has 112 valence electrons. The third-order valence-electron chi connectivity index (χ3n) is 2.96. The number of non-ortho nitro benzene ring substituents is 1. The highest BCUT2D eigenvalue weighted by molar-refractivity contribution is 5.92. The lowest BCUT2D eigenvalue weighted by atomic mass is 10.2. The summed E-state index contributed by atoms with van der Waals surface area (Å²) in [6.45, 7) is -0.507. The molecule has 1 aliphatic carbocycles. The molecular formula is C12H12FN3O5.